The van der Waals surface area contributed by atoms with Crippen LogP contribution in [-0.2, 0) is 15.8 Å². The van der Waals surface area contributed by atoms with Crippen molar-refractivity contribution >= 4 is 17.5 Å². The van der Waals surface area contributed by atoms with Crippen LogP contribution in [0.5, 0.6) is 0 Å². The standard InChI is InChI=1S/C17H23F3N2O2/c1-4-13(5-2)16(24)21-10-11-22(12(3)23)15-8-6-14(7-9-15)17(18,19)20/h6-9,13H,4-5,10-11H2,1-3H3,(H,21,24). The van der Waals surface area contributed by atoms with E-state index in [4.69, 9.17) is 0 Å². The van der Waals surface area contributed by atoms with E-state index >= 15 is 0 Å². The first-order valence-electron chi connectivity index (χ1n) is 7.93. The maximum atomic E-state index is 12.6. The van der Waals surface area contributed by atoms with Gasteiger partial charge in [-0.15, -0.1) is 0 Å². The van der Waals surface area contributed by atoms with Crippen molar-refractivity contribution in [3.05, 3.63) is 29.8 Å². The van der Waals surface area contributed by atoms with Crippen LogP contribution in [-0.4, -0.2) is 24.9 Å². The molecule has 0 aliphatic carbocycles. The number of hydrogen-bond donors (Lipinski definition) is 1. The van der Waals surface area contributed by atoms with Gasteiger partial charge in [0.1, 0.15) is 0 Å². The lowest BCUT2D eigenvalue weighted by Crippen LogP contribution is -2.39. The van der Waals surface area contributed by atoms with E-state index in [0.29, 0.717) is 5.69 Å². The maximum Gasteiger partial charge on any atom is 0.416 e. The Morgan fingerprint density at radius 1 is 1.12 bits per heavy atom. The molecular weight excluding hydrogens is 321 g/mol. The van der Waals surface area contributed by atoms with Crippen molar-refractivity contribution in [2.45, 2.75) is 39.8 Å². The van der Waals surface area contributed by atoms with Crippen molar-refractivity contribution in [3.8, 4) is 0 Å². The van der Waals surface area contributed by atoms with Crippen molar-refractivity contribution < 1.29 is 22.8 Å². The zero-order chi connectivity index (χ0) is 18.3. The molecule has 0 aromatic heterocycles. The van der Waals surface area contributed by atoms with E-state index in [1.807, 2.05) is 13.8 Å². The van der Waals surface area contributed by atoms with Gasteiger partial charge in [0.25, 0.3) is 0 Å². The van der Waals surface area contributed by atoms with E-state index < -0.39 is 11.7 Å². The van der Waals surface area contributed by atoms with Crippen LogP contribution >= 0.6 is 0 Å². The summed E-state index contributed by atoms with van der Waals surface area (Å²) in [7, 11) is 0. The fourth-order valence-corrected chi connectivity index (χ4v) is 2.39. The highest BCUT2D eigenvalue weighted by Crippen LogP contribution is 2.30. The second-order valence-electron chi connectivity index (χ2n) is 5.52. The van der Waals surface area contributed by atoms with Gasteiger partial charge in [-0.05, 0) is 37.1 Å². The first kappa shape index (κ1) is 20.0. The quantitative estimate of drug-likeness (QED) is 0.821. The zero-order valence-corrected chi connectivity index (χ0v) is 14.1. The number of hydrogen-bond acceptors (Lipinski definition) is 2. The van der Waals surface area contributed by atoms with Gasteiger partial charge in [-0.3, -0.25) is 9.59 Å². The topological polar surface area (TPSA) is 49.4 Å². The predicted molar refractivity (Wildman–Crippen MR) is 86.6 cm³/mol. The molecule has 24 heavy (non-hydrogen) atoms. The highest BCUT2D eigenvalue weighted by atomic mass is 19.4. The molecule has 2 amide bonds. The van der Waals surface area contributed by atoms with Gasteiger partial charge in [0.2, 0.25) is 11.8 Å². The Kier molecular flexibility index (Phi) is 7.25. The maximum absolute atomic E-state index is 12.6. The van der Waals surface area contributed by atoms with Gasteiger partial charge in [-0.25, -0.2) is 0 Å². The Labute approximate surface area is 140 Å². The summed E-state index contributed by atoms with van der Waals surface area (Å²) in [6, 6.07) is 4.39. The highest BCUT2D eigenvalue weighted by Gasteiger charge is 2.30. The summed E-state index contributed by atoms with van der Waals surface area (Å²) in [5.41, 5.74) is -0.399. The minimum atomic E-state index is -4.41. The van der Waals surface area contributed by atoms with Crippen LogP contribution in [0.1, 0.15) is 39.2 Å². The average molecular weight is 344 g/mol. The monoisotopic (exact) mass is 344 g/mol. The molecule has 0 bridgehead atoms. The van der Waals surface area contributed by atoms with E-state index in [1.54, 1.807) is 0 Å². The number of alkyl halides is 3. The van der Waals surface area contributed by atoms with E-state index in [9.17, 15) is 22.8 Å². The summed E-state index contributed by atoms with van der Waals surface area (Å²) in [4.78, 5) is 25.0. The number of anilines is 1. The molecule has 0 saturated heterocycles. The molecule has 1 rings (SSSR count). The summed E-state index contributed by atoms with van der Waals surface area (Å²) in [6.07, 6.45) is -2.95. The number of benzene rings is 1. The van der Waals surface area contributed by atoms with Gasteiger partial charge in [0.05, 0.1) is 5.56 Å². The Balaban J connectivity index is 2.71. The first-order chi connectivity index (χ1) is 11.2. The van der Waals surface area contributed by atoms with Gasteiger partial charge >= 0.3 is 6.18 Å². The minimum Gasteiger partial charge on any atom is -0.354 e. The van der Waals surface area contributed by atoms with Gasteiger partial charge in [-0.1, -0.05) is 13.8 Å². The summed E-state index contributed by atoms with van der Waals surface area (Å²) >= 11 is 0. The molecule has 4 nitrogen and oxygen atoms in total. The van der Waals surface area contributed by atoms with E-state index in [-0.39, 0.29) is 30.8 Å². The molecule has 0 heterocycles. The number of rotatable bonds is 7. The highest BCUT2D eigenvalue weighted by molar-refractivity contribution is 5.91. The smallest absolute Gasteiger partial charge is 0.354 e. The number of halogens is 3. The molecule has 0 spiro atoms. The van der Waals surface area contributed by atoms with Crippen LogP contribution in [0.3, 0.4) is 0 Å². The van der Waals surface area contributed by atoms with Gasteiger partial charge < -0.3 is 10.2 Å². The fourth-order valence-electron chi connectivity index (χ4n) is 2.39. The molecule has 0 radical (unpaired) electrons. The first-order valence-corrected chi connectivity index (χ1v) is 7.93. The molecule has 0 aliphatic heterocycles. The van der Waals surface area contributed by atoms with Crippen molar-refractivity contribution in [2.24, 2.45) is 5.92 Å². The largest absolute Gasteiger partial charge is 0.416 e. The molecule has 134 valence electrons. The Morgan fingerprint density at radius 2 is 1.67 bits per heavy atom. The van der Waals surface area contributed by atoms with Crippen molar-refractivity contribution in [1.82, 2.24) is 5.32 Å². The Hall–Kier alpha value is -2.05. The van der Waals surface area contributed by atoms with Gasteiger partial charge in [0.15, 0.2) is 0 Å². The number of nitrogens with zero attached hydrogens (tertiary/aromatic N) is 1. The molecule has 7 heteroatoms. The lowest BCUT2D eigenvalue weighted by molar-refractivity contribution is -0.137. The van der Waals surface area contributed by atoms with Crippen LogP contribution < -0.4 is 10.2 Å². The van der Waals surface area contributed by atoms with Gasteiger partial charge in [0, 0.05) is 31.6 Å². The zero-order valence-electron chi connectivity index (χ0n) is 14.1. The molecule has 0 saturated carbocycles. The molecule has 0 fully saturated rings. The number of carbonyl (C=O) groups is 2. The normalized spacial score (nSPS) is 11.5. The van der Waals surface area contributed by atoms with Crippen LogP contribution in [0.4, 0.5) is 18.9 Å². The third-order valence-electron chi connectivity index (χ3n) is 3.88. The lowest BCUT2D eigenvalue weighted by atomic mass is 10.0. The van der Waals surface area contributed by atoms with Crippen molar-refractivity contribution in [2.75, 3.05) is 18.0 Å². The molecule has 0 unspecified atom stereocenters. The second kappa shape index (κ2) is 8.70. The third kappa shape index (κ3) is 5.54. The van der Waals surface area contributed by atoms with Crippen LogP contribution in [0.15, 0.2) is 24.3 Å². The van der Waals surface area contributed by atoms with E-state index in [2.05, 4.69) is 5.32 Å². The van der Waals surface area contributed by atoms with E-state index in [1.165, 1.54) is 24.0 Å². The number of amides is 2. The van der Waals surface area contributed by atoms with Crippen LogP contribution in [0.25, 0.3) is 0 Å². The number of carbonyl (C=O) groups excluding carboxylic acids is 2. The Bertz CT molecular complexity index is 552. The summed E-state index contributed by atoms with van der Waals surface area (Å²) in [5.74, 6) is -0.440. The van der Waals surface area contributed by atoms with E-state index in [0.717, 1.165) is 25.0 Å². The minimum absolute atomic E-state index is 0.0677. The van der Waals surface area contributed by atoms with Crippen molar-refractivity contribution in [1.29, 1.82) is 0 Å². The predicted octanol–water partition coefficient (Wildman–Crippen LogP) is 3.61. The average Bonchev–Trinajstić information content (AvgIpc) is 2.51. The molecule has 1 aromatic carbocycles. The van der Waals surface area contributed by atoms with Crippen LogP contribution in [0.2, 0.25) is 0 Å². The molecule has 1 aromatic rings. The summed E-state index contributed by atoms with van der Waals surface area (Å²) in [5, 5.41) is 2.76. The third-order valence-corrected chi connectivity index (χ3v) is 3.88. The molecule has 1 N–H and O–H groups in total. The summed E-state index contributed by atoms with van der Waals surface area (Å²) < 4.78 is 37.8. The molecule has 0 atom stereocenters. The number of nitrogens with one attached hydrogen (secondary N) is 1. The molecular formula is C17H23F3N2O2. The van der Waals surface area contributed by atoms with Crippen LogP contribution in [0, 0.1) is 5.92 Å². The van der Waals surface area contributed by atoms with Crippen molar-refractivity contribution in [3.63, 3.8) is 0 Å². The summed E-state index contributed by atoms with van der Waals surface area (Å²) in [6.45, 7) is 5.64. The fraction of sp³-hybridized carbons (Fsp3) is 0.529. The second-order valence-corrected chi connectivity index (χ2v) is 5.52. The van der Waals surface area contributed by atoms with Gasteiger partial charge in [-0.2, -0.15) is 13.2 Å². The molecule has 0 aliphatic rings. The SMILES string of the molecule is CCC(CC)C(=O)NCCN(C(C)=O)c1ccc(C(F)(F)F)cc1. The Morgan fingerprint density at radius 3 is 2.08 bits per heavy atom. The lowest BCUT2D eigenvalue weighted by Gasteiger charge is -2.22.